The van der Waals surface area contributed by atoms with E-state index in [-0.39, 0.29) is 23.8 Å². The summed E-state index contributed by atoms with van der Waals surface area (Å²) in [5.74, 6) is -0.0846. The number of carbonyl (C=O) groups is 1. The van der Waals surface area contributed by atoms with E-state index < -0.39 is 10.0 Å². The van der Waals surface area contributed by atoms with Crippen molar-refractivity contribution in [3.63, 3.8) is 0 Å². The minimum Gasteiger partial charge on any atom is -0.352 e. The molecule has 2 N–H and O–H groups in total. The van der Waals surface area contributed by atoms with Crippen LogP contribution in [0.1, 0.15) is 35.1 Å². The van der Waals surface area contributed by atoms with Crippen molar-refractivity contribution in [1.29, 1.82) is 0 Å². The lowest BCUT2D eigenvalue weighted by Gasteiger charge is -2.10. The molecule has 1 amide bonds. The molecule has 0 bridgehead atoms. The predicted molar refractivity (Wildman–Crippen MR) is 103 cm³/mol. The van der Waals surface area contributed by atoms with Crippen molar-refractivity contribution in [1.82, 2.24) is 10.0 Å². The quantitative estimate of drug-likeness (QED) is 0.698. The van der Waals surface area contributed by atoms with Gasteiger partial charge in [-0.2, -0.15) is 0 Å². The number of hydrogen-bond acceptors (Lipinski definition) is 3. The van der Waals surface area contributed by atoms with Crippen LogP contribution in [-0.4, -0.2) is 20.9 Å². The Hall–Kier alpha value is -2.18. The molecule has 2 aromatic carbocycles. The number of carbonyl (C=O) groups excluding carboxylic acids is 1. The van der Waals surface area contributed by atoms with Gasteiger partial charge in [0.15, 0.2) is 0 Å². The molecule has 0 atom stereocenters. The van der Waals surface area contributed by atoms with Gasteiger partial charge in [-0.15, -0.1) is 0 Å². The van der Waals surface area contributed by atoms with Gasteiger partial charge in [-0.05, 0) is 61.6 Å². The molecule has 0 spiro atoms. The van der Waals surface area contributed by atoms with Gasteiger partial charge >= 0.3 is 0 Å². The van der Waals surface area contributed by atoms with Crippen LogP contribution in [0.25, 0.3) is 0 Å². The third-order valence-corrected chi connectivity index (χ3v) is 5.86. The van der Waals surface area contributed by atoms with Crippen LogP contribution in [0.4, 0.5) is 0 Å². The summed E-state index contributed by atoms with van der Waals surface area (Å²) >= 11 is 0. The van der Waals surface area contributed by atoms with Crippen LogP contribution < -0.4 is 10.0 Å². The second kappa shape index (κ2) is 8.96. The molecule has 26 heavy (non-hydrogen) atoms. The SMILES string of the molecule is Cc1ccc(S(=O)(=O)NCCCC(=O)NCc2ccccc2C)cc1C. The average Bonchev–Trinajstić information content (AvgIpc) is 2.60. The molecule has 0 unspecified atom stereocenters. The highest BCUT2D eigenvalue weighted by molar-refractivity contribution is 7.89. The molecule has 2 aromatic rings. The zero-order valence-electron chi connectivity index (χ0n) is 15.5. The van der Waals surface area contributed by atoms with Gasteiger partial charge in [0.25, 0.3) is 0 Å². The zero-order chi connectivity index (χ0) is 19.2. The second-order valence-electron chi connectivity index (χ2n) is 6.45. The fraction of sp³-hybridized carbons (Fsp3) is 0.350. The Morgan fingerprint density at radius 1 is 0.962 bits per heavy atom. The number of hydrogen-bond donors (Lipinski definition) is 2. The summed E-state index contributed by atoms with van der Waals surface area (Å²) in [6, 6.07) is 12.9. The molecule has 0 aliphatic heterocycles. The first-order chi connectivity index (χ1) is 12.3. The van der Waals surface area contributed by atoms with E-state index in [1.807, 2.05) is 45.0 Å². The van der Waals surface area contributed by atoms with Crippen LogP contribution in [-0.2, 0) is 21.4 Å². The zero-order valence-corrected chi connectivity index (χ0v) is 16.3. The Balaban J connectivity index is 1.76. The van der Waals surface area contributed by atoms with Gasteiger partial charge in [0.05, 0.1) is 4.90 Å². The van der Waals surface area contributed by atoms with Crippen LogP contribution in [0.15, 0.2) is 47.4 Å². The van der Waals surface area contributed by atoms with Crippen molar-refractivity contribution in [2.24, 2.45) is 0 Å². The van der Waals surface area contributed by atoms with E-state index >= 15 is 0 Å². The standard InChI is InChI=1S/C20H26N2O3S/c1-15-10-11-19(13-17(15)3)26(24,25)22-12-6-9-20(23)21-14-18-8-5-4-7-16(18)2/h4-5,7-8,10-11,13,22H,6,9,12,14H2,1-3H3,(H,21,23). The van der Waals surface area contributed by atoms with Gasteiger partial charge in [0.2, 0.25) is 15.9 Å². The maximum absolute atomic E-state index is 12.3. The molecule has 0 saturated carbocycles. The summed E-state index contributed by atoms with van der Waals surface area (Å²) in [6.45, 7) is 6.54. The molecule has 0 aromatic heterocycles. The molecular weight excluding hydrogens is 348 g/mol. The van der Waals surface area contributed by atoms with E-state index in [9.17, 15) is 13.2 Å². The van der Waals surface area contributed by atoms with Crippen molar-refractivity contribution >= 4 is 15.9 Å². The van der Waals surface area contributed by atoms with Crippen molar-refractivity contribution < 1.29 is 13.2 Å². The number of benzene rings is 2. The molecule has 140 valence electrons. The summed E-state index contributed by atoms with van der Waals surface area (Å²) in [7, 11) is -3.54. The Morgan fingerprint density at radius 2 is 1.69 bits per heavy atom. The van der Waals surface area contributed by atoms with E-state index in [4.69, 9.17) is 0 Å². The van der Waals surface area contributed by atoms with Crippen LogP contribution in [0.5, 0.6) is 0 Å². The Bertz CT molecular complexity index is 876. The third-order valence-electron chi connectivity index (χ3n) is 4.40. The molecule has 0 fully saturated rings. The van der Waals surface area contributed by atoms with Gasteiger partial charge in [0.1, 0.15) is 0 Å². The fourth-order valence-electron chi connectivity index (χ4n) is 2.51. The summed E-state index contributed by atoms with van der Waals surface area (Å²) < 4.78 is 27.1. The Kier molecular flexibility index (Phi) is 6.94. The lowest BCUT2D eigenvalue weighted by Crippen LogP contribution is -2.27. The molecule has 0 radical (unpaired) electrons. The summed E-state index contributed by atoms with van der Waals surface area (Å²) in [5.41, 5.74) is 4.20. The fourth-order valence-corrected chi connectivity index (χ4v) is 3.67. The monoisotopic (exact) mass is 374 g/mol. The molecular formula is C20H26N2O3S. The van der Waals surface area contributed by atoms with Crippen LogP contribution >= 0.6 is 0 Å². The van der Waals surface area contributed by atoms with Crippen molar-refractivity contribution in [2.45, 2.75) is 45.1 Å². The molecule has 5 nitrogen and oxygen atoms in total. The summed E-state index contributed by atoms with van der Waals surface area (Å²) in [5, 5.41) is 2.87. The number of aryl methyl sites for hydroxylation is 3. The van der Waals surface area contributed by atoms with E-state index in [1.165, 1.54) is 0 Å². The first kappa shape index (κ1) is 20.1. The molecule has 0 saturated heterocycles. The van der Waals surface area contributed by atoms with Crippen molar-refractivity contribution in [3.05, 3.63) is 64.7 Å². The van der Waals surface area contributed by atoms with Gasteiger partial charge < -0.3 is 5.32 Å². The second-order valence-corrected chi connectivity index (χ2v) is 8.22. The Labute approximate surface area is 155 Å². The largest absolute Gasteiger partial charge is 0.352 e. The number of rotatable bonds is 8. The smallest absolute Gasteiger partial charge is 0.240 e. The number of amides is 1. The molecule has 6 heteroatoms. The Morgan fingerprint density at radius 3 is 2.38 bits per heavy atom. The average molecular weight is 375 g/mol. The van der Waals surface area contributed by atoms with Crippen molar-refractivity contribution in [3.8, 4) is 0 Å². The van der Waals surface area contributed by atoms with E-state index in [0.29, 0.717) is 13.0 Å². The molecule has 0 aliphatic carbocycles. The maximum Gasteiger partial charge on any atom is 0.240 e. The lowest BCUT2D eigenvalue weighted by atomic mass is 10.1. The highest BCUT2D eigenvalue weighted by atomic mass is 32.2. The van der Waals surface area contributed by atoms with E-state index in [1.54, 1.807) is 18.2 Å². The van der Waals surface area contributed by atoms with Gasteiger partial charge in [-0.1, -0.05) is 30.3 Å². The lowest BCUT2D eigenvalue weighted by molar-refractivity contribution is -0.121. The maximum atomic E-state index is 12.3. The molecule has 0 aliphatic rings. The minimum absolute atomic E-state index is 0.0846. The van der Waals surface area contributed by atoms with Gasteiger partial charge in [0, 0.05) is 19.5 Å². The first-order valence-electron chi connectivity index (χ1n) is 8.68. The van der Waals surface area contributed by atoms with Crippen LogP contribution in [0.3, 0.4) is 0 Å². The minimum atomic E-state index is -3.54. The van der Waals surface area contributed by atoms with Crippen LogP contribution in [0, 0.1) is 20.8 Å². The highest BCUT2D eigenvalue weighted by Crippen LogP contribution is 2.14. The summed E-state index contributed by atoms with van der Waals surface area (Å²) in [6.07, 6.45) is 0.727. The molecule has 2 rings (SSSR count). The van der Waals surface area contributed by atoms with Crippen molar-refractivity contribution in [2.75, 3.05) is 6.54 Å². The van der Waals surface area contributed by atoms with E-state index in [0.717, 1.165) is 22.3 Å². The predicted octanol–water partition coefficient (Wildman–Crippen LogP) is 2.99. The van der Waals surface area contributed by atoms with E-state index in [2.05, 4.69) is 10.0 Å². The topological polar surface area (TPSA) is 75.3 Å². The first-order valence-corrected chi connectivity index (χ1v) is 10.2. The van der Waals surface area contributed by atoms with Crippen LogP contribution in [0.2, 0.25) is 0 Å². The number of sulfonamides is 1. The third kappa shape index (κ3) is 5.68. The summed E-state index contributed by atoms with van der Waals surface area (Å²) in [4.78, 5) is 12.2. The van der Waals surface area contributed by atoms with Gasteiger partial charge in [-0.3, -0.25) is 4.79 Å². The normalized spacial score (nSPS) is 11.3. The molecule has 0 heterocycles. The van der Waals surface area contributed by atoms with Gasteiger partial charge in [-0.25, -0.2) is 13.1 Å². The highest BCUT2D eigenvalue weighted by Gasteiger charge is 2.14. The number of nitrogens with one attached hydrogen (secondary N) is 2.